The van der Waals surface area contributed by atoms with E-state index in [1.165, 1.54) is 12.1 Å². The van der Waals surface area contributed by atoms with Crippen molar-refractivity contribution < 1.29 is 19.2 Å². The lowest BCUT2D eigenvalue weighted by atomic mass is 9.80. The predicted molar refractivity (Wildman–Crippen MR) is 64.7 cm³/mol. The van der Waals surface area contributed by atoms with Crippen molar-refractivity contribution in [1.82, 2.24) is 0 Å². The fourth-order valence-electron chi connectivity index (χ4n) is 1.11. The van der Waals surface area contributed by atoms with Gasteiger partial charge in [0.15, 0.2) is 11.6 Å². The zero-order valence-corrected chi connectivity index (χ0v) is 10.5. The van der Waals surface area contributed by atoms with E-state index < -0.39 is 12.9 Å². The van der Waals surface area contributed by atoms with Gasteiger partial charge >= 0.3 is 7.12 Å². The molecule has 1 aromatic rings. The molecule has 82 valence electrons. The number of hydrogen-bond donors (Lipinski definition) is 2. The second-order valence-corrected chi connectivity index (χ2v) is 4.59. The molecule has 0 bridgehead atoms. The summed E-state index contributed by atoms with van der Waals surface area (Å²) in [6.45, 7) is 3.54. The molecule has 0 aliphatic heterocycles. The van der Waals surface area contributed by atoms with Crippen LogP contribution in [0.2, 0.25) is 0 Å². The number of benzene rings is 1. The van der Waals surface area contributed by atoms with Crippen molar-refractivity contribution >= 4 is 35.2 Å². The Labute approximate surface area is 102 Å². The van der Waals surface area contributed by atoms with Crippen LogP contribution in [0, 0.1) is 9.39 Å². The molecule has 1 aromatic carbocycles. The fourth-order valence-corrected chi connectivity index (χ4v) is 1.73. The average molecular weight is 324 g/mol. The average Bonchev–Trinajstić information content (AvgIpc) is 2.09. The molecular weight excluding hydrogens is 313 g/mol. The molecule has 0 atom stereocenters. The molecular formula is C9H11BFIO3. The summed E-state index contributed by atoms with van der Waals surface area (Å²) in [5.41, 5.74) is -0.169. The lowest BCUT2D eigenvalue weighted by molar-refractivity contribution is 0.231. The first kappa shape index (κ1) is 12.7. The number of rotatable bonds is 3. The van der Waals surface area contributed by atoms with E-state index in [0.717, 1.165) is 0 Å². The monoisotopic (exact) mass is 324 g/mol. The van der Waals surface area contributed by atoms with Crippen molar-refractivity contribution in [2.75, 3.05) is 0 Å². The molecule has 0 aliphatic rings. The van der Waals surface area contributed by atoms with Gasteiger partial charge in [0.05, 0.1) is 6.10 Å². The van der Waals surface area contributed by atoms with Crippen LogP contribution in [0.5, 0.6) is 5.75 Å². The third-order valence-electron chi connectivity index (χ3n) is 1.67. The van der Waals surface area contributed by atoms with E-state index in [9.17, 15) is 4.39 Å². The topological polar surface area (TPSA) is 49.7 Å². The first-order chi connectivity index (χ1) is 6.91. The second kappa shape index (κ2) is 5.13. The molecule has 0 amide bonds. The molecule has 0 aromatic heterocycles. The smallest absolute Gasteiger partial charge is 0.488 e. The van der Waals surface area contributed by atoms with Gasteiger partial charge in [-0.3, -0.25) is 0 Å². The van der Waals surface area contributed by atoms with E-state index in [2.05, 4.69) is 0 Å². The van der Waals surface area contributed by atoms with Crippen LogP contribution >= 0.6 is 22.6 Å². The van der Waals surface area contributed by atoms with Gasteiger partial charge in [-0.2, -0.15) is 0 Å². The van der Waals surface area contributed by atoms with E-state index in [-0.39, 0.29) is 17.3 Å². The maximum absolute atomic E-state index is 13.6. The Kier molecular flexibility index (Phi) is 4.36. The highest BCUT2D eigenvalue weighted by atomic mass is 127. The summed E-state index contributed by atoms with van der Waals surface area (Å²) in [5.74, 6) is -0.681. The van der Waals surface area contributed by atoms with Crippen LogP contribution in [0.1, 0.15) is 13.8 Å². The van der Waals surface area contributed by atoms with Crippen LogP contribution < -0.4 is 10.2 Å². The van der Waals surface area contributed by atoms with Gasteiger partial charge in [0.1, 0.15) is 0 Å². The molecule has 0 saturated carbocycles. The Bertz CT molecular complexity index is 357. The van der Waals surface area contributed by atoms with Crippen molar-refractivity contribution in [3.8, 4) is 5.75 Å². The maximum atomic E-state index is 13.6. The minimum atomic E-state index is -1.82. The Morgan fingerprint density at radius 1 is 1.40 bits per heavy atom. The highest BCUT2D eigenvalue weighted by Crippen LogP contribution is 2.20. The first-order valence-corrected chi connectivity index (χ1v) is 5.51. The molecule has 0 spiro atoms. The maximum Gasteiger partial charge on any atom is 0.491 e. The molecule has 1 rings (SSSR count). The van der Waals surface area contributed by atoms with Crippen LogP contribution in [0.3, 0.4) is 0 Å². The van der Waals surface area contributed by atoms with E-state index >= 15 is 0 Å². The summed E-state index contributed by atoms with van der Waals surface area (Å²) in [6, 6.07) is 2.88. The Morgan fingerprint density at radius 2 is 2.00 bits per heavy atom. The quantitative estimate of drug-likeness (QED) is 0.642. The molecule has 0 unspecified atom stereocenters. The van der Waals surface area contributed by atoms with Gasteiger partial charge in [0, 0.05) is 9.03 Å². The number of ether oxygens (including phenoxy) is 1. The largest absolute Gasteiger partial charge is 0.491 e. The van der Waals surface area contributed by atoms with Gasteiger partial charge in [0.25, 0.3) is 0 Å². The lowest BCUT2D eigenvalue weighted by Gasteiger charge is -2.13. The van der Waals surface area contributed by atoms with Crippen LogP contribution in [0.15, 0.2) is 12.1 Å². The lowest BCUT2D eigenvalue weighted by Crippen LogP contribution is -2.33. The van der Waals surface area contributed by atoms with Gasteiger partial charge in [-0.1, -0.05) is 0 Å². The van der Waals surface area contributed by atoms with Crippen LogP contribution in [0.4, 0.5) is 4.39 Å². The summed E-state index contributed by atoms with van der Waals surface area (Å²) < 4.78 is 19.5. The molecule has 2 N–H and O–H groups in total. The number of hydrogen-bond acceptors (Lipinski definition) is 3. The highest BCUT2D eigenvalue weighted by molar-refractivity contribution is 14.1. The van der Waals surface area contributed by atoms with E-state index in [4.69, 9.17) is 14.8 Å². The standard InChI is InChI=1S/C9H11BFIO3/c1-5(2)15-8-4-6(12)3-7(9(8)11)10(13)14/h3-5,13-14H,1-2H3. The van der Waals surface area contributed by atoms with Crippen LogP contribution in [-0.2, 0) is 0 Å². The highest BCUT2D eigenvalue weighted by Gasteiger charge is 2.21. The van der Waals surface area contributed by atoms with Crippen molar-refractivity contribution in [1.29, 1.82) is 0 Å². The molecule has 0 radical (unpaired) electrons. The Morgan fingerprint density at radius 3 is 2.47 bits per heavy atom. The predicted octanol–water partition coefficient (Wildman–Crippen LogP) is 0.897. The minimum Gasteiger partial charge on any atom is -0.488 e. The van der Waals surface area contributed by atoms with Crippen LogP contribution in [0.25, 0.3) is 0 Å². The minimum absolute atomic E-state index is 0.0417. The Balaban J connectivity index is 3.16. The molecule has 0 aliphatic carbocycles. The summed E-state index contributed by atoms with van der Waals surface area (Å²) in [4.78, 5) is 0. The van der Waals surface area contributed by atoms with Crippen molar-refractivity contribution in [3.63, 3.8) is 0 Å². The van der Waals surface area contributed by atoms with Crippen molar-refractivity contribution in [2.45, 2.75) is 20.0 Å². The second-order valence-electron chi connectivity index (χ2n) is 3.35. The van der Waals surface area contributed by atoms with E-state index in [1.54, 1.807) is 13.8 Å². The molecule has 3 nitrogen and oxygen atoms in total. The van der Waals surface area contributed by atoms with Gasteiger partial charge in [-0.15, -0.1) is 0 Å². The fraction of sp³-hybridized carbons (Fsp3) is 0.333. The molecule has 0 fully saturated rings. The summed E-state index contributed by atoms with van der Waals surface area (Å²) in [6.07, 6.45) is -0.165. The zero-order chi connectivity index (χ0) is 11.6. The summed E-state index contributed by atoms with van der Waals surface area (Å²) in [5, 5.41) is 17.9. The van der Waals surface area contributed by atoms with E-state index in [0.29, 0.717) is 3.57 Å². The third kappa shape index (κ3) is 3.32. The molecule has 0 saturated heterocycles. The normalized spacial score (nSPS) is 10.6. The third-order valence-corrected chi connectivity index (χ3v) is 2.30. The van der Waals surface area contributed by atoms with Crippen molar-refractivity contribution in [3.05, 3.63) is 21.5 Å². The van der Waals surface area contributed by atoms with Gasteiger partial charge < -0.3 is 14.8 Å². The SMILES string of the molecule is CC(C)Oc1cc(I)cc(B(O)O)c1F. The van der Waals surface area contributed by atoms with Gasteiger partial charge in [0.2, 0.25) is 0 Å². The zero-order valence-electron chi connectivity index (χ0n) is 8.37. The molecule has 15 heavy (non-hydrogen) atoms. The van der Waals surface area contributed by atoms with Crippen molar-refractivity contribution in [2.24, 2.45) is 0 Å². The summed E-state index contributed by atoms with van der Waals surface area (Å²) in [7, 11) is -1.82. The van der Waals surface area contributed by atoms with Crippen LogP contribution in [-0.4, -0.2) is 23.3 Å². The Hall–Kier alpha value is -0.335. The summed E-state index contributed by atoms with van der Waals surface area (Å²) >= 11 is 1.96. The molecule has 6 heteroatoms. The molecule has 0 heterocycles. The van der Waals surface area contributed by atoms with Gasteiger partial charge in [-0.05, 0) is 48.6 Å². The first-order valence-electron chi connectivity index (χ1n) is 4.43. The van der Waals surface area contributed by atoms with E-state index in [1.807, 2.05) is 22.6 Å². The number of halogens is 2. The van der Waals surface area contributed by atoms with Gasteiger partial charge in [-0.25, -0.2) is 4.39 Å².